The van der Waals surface area contributed by atoms with Gasteiger partial charge in [-0.25, -0.2) is 9.69 Å². The van der Waals surface area contributed by atoms with Crippen molar-refractivity contribution < 1.29 is 23.9 Å². The minimum Gasteiger partial charge on any atom is -0.452 e. The molecule has 0 unspecified atom stereocenters. The third-order valence-corrected chi connectivity index (χ3v) is 4.31. The molecule has 0 bridgehead atoms. The van der Waals surface area contributed by atoms with E-state index in [9.17, 15) is 19.2 Å². The van der Waals surface area contributed by atoms with Gasteiger partial charge in [0.15, 0.2) is 6.61 Å². The Labute approximate surface area is 172 Å². The van der Waals surface area contributed by atoms with E-state index in [1.165, 1.54) is 18.2 Å². The molecule has 0 aromatic heterocycles. The number of carbonyl (C=O) groups is 4. The summed E-state index contributed by atoms with van der Waals surface area (Å²) in [6.45, 7) is 4.98. The molecule has 1 aliphatic rings. The van der Waals surface area contributed by atoms with Crippen LogP contribution in [0.25, 0.3) is 0 Å². The first kappa shape index (κ1) is 20.5. The average molecular weight is 415 g/mol. The molecule has 8 heteroatoms. The maximum atomic E-state index is 12.7. The van der Waals surface area contributed by atoms with Gasteiger partial charge in [-0.1, -0.05) is 11.6 Å². The molecule has 0 saturated heterocycles. The molecule has 3 rings (SSSR count). The van der Waals surface area contributed by atoms with Gasteiger partial charge in [0.25, 0.3) is 17.7 Å². The largest absolute Gasteiger partial charge is 0.452 e. The normalized spacial score (nSPS) is 13.3. The van der Waals surface area contributed by atoms with Crippen LogP contribution in [0.1, 0.15) is 51.8 Å². The second kappa shape index (κ2) is 7.67. The second-order valence-corrected chi connectivity index (χ2v) is 7.99. The molecule has 1 N–H and O–H groups in total. The summed E-state index contributed by atoms with van der Waals surface area (Å²) in [4.78, 5) is 50.5. The van der Waals surface area contributed by atoms with Crippen LogP contribution >= 0.6 is 11.6 Å². The lowest BCUT2D eigenvalue weighted by molar-refractivity contribution is -0.125. The number of nitrogens with one attached hydrogen (secondary N) is 1. The number of hydrogen-bond donors (Lipinski definition) is 1. The number of amides is 3. The van der Waals surface area contributed by atoms with Crippen molar-refractivity contribution >= 4 is 41.0 Å². The summed E-state index contributed by atoms with van der Waals surface area (Å²) in [7, 11) is 0. The molecule has 0 aliphatic carbocycles. The van der Waals surface area contributed by atoms with Gasteiger partial charge in [-0.05, 0) is 63.2 Å². The van der Waals surface area contributed by atoms with Crippen LogP contribution in [0, 0.1) is 0 Å². The SMILES string of the molecule is CC(C)(C)NC(=O)COC(=O)c1ccc2c(c1)C(=O)N(c1ccc(Cl)cc1)C2=O. The number of rotatable bonds is 4. The van der Waals surface area contributed by atoms with Crippen LogP contribution in [0.2, 0.25) is 5.02 Å². The van der Waals surface area contributed by atoms with E-state index in [0.29, 0.717) is 10.7 Å². The molecule has 0 fully saturated rings. The number of imide groups is 1. The van der Waals surface area contributed by atoms with Crippen molar-refractivity contribution in [2.45, 2.75) is 26.3 Å². The van der Waals surface area contributed by atoms with E-state index in [0.717, 1.165) is 4.90 Å². The van der Waals surface area contributed by atoms with Crippen molar-refractivity contribution in [1.29, 1.82) is 0 Å². The van der Waals surface area contributed by atoms with Crippen molar-refractivity contribution in [3.8, 4) is 0 Å². The van der Waals surface area contributed by atoms with Crippen LogP contribution in [0.4, 0.5) is 5.69 Å². The molecule has 0 spiro atoms. The van der Waals surface area contributed by atoms with Gasteiger partial charge in [0, 0.05) is 10.6 Å². The number of anilines is 1. The van der Waals surface area contributed by atoms with Crippen LogP contribution in [-0.2, 0) is 9.53 Å². The van der Waals surface area contributed by atoms with E-state index in [2.05, 4.69) is 5.32 Å². The summed E-state index contributed by atoms with van der Waals surface area (Å²) in [6.07, 6.45) is 0. The molecule has 2 aromatic rings. The number of halogens is 1. The zero-order valence-electron chi connectivity index (χ0n) is 16.1. The van der Waals surface area contributed by atoms with E-state index >= 15 is 0 Å². The van der Waals surface area contributed by atoms with E-state index in [1.807, 2.05) is 20.8 Å². The van der Waals surface area contributed by atoms with Crippen molar-refractivity contribution in [1.82, 2.24) is 5.32 Å². The molecule has 1 aliphatic heterocycles. The minimum atomic E-state index is -0.762. The smallest absolute Gasteiger partial charge is 0.338 e. The highest BCUT2D eigenvalue weighted by atomic mass is 35.5. The number of hydrogen-bond acceptors (Lipinski definition) is 5. The van der Waals surface area contributed by atoms with Crippen molar-refractivity contribution in [3.05, 3.63) is 64.2 Å². The predicted octanol–water partition coefficient (Wildman–Crippen LogP) is 3.21. The topological polar surface area (TPSA) is 92.8 Å². The fourth-order valence-electron chi connectivity index (χ4n) is 2.86. The summed E-state index contributed by atoms with van der Waals surface area (Å²) >= 11 is 5.85. The molecule has 2 aromatic carbocycles. The van der Waals surface area contributed by atoms with Gasteiger partial charge in [0.1, 0.15) is 0 Å². The number of fused-ring (bicyclic) bond motifs is 1. The Morgan fingerprint density at radius 2 is 1.62 bits per heavy atom. The maximum absolute atomic E-state index is 12.7. The zero-order valence-corrected chi connectivity index (χ0v) is 16.9. The predicted molar refractivity (Wildman–Crippen MR) is 107 cm³/mol. The van der Waals surface area contributed by atoms with Crippen molar-refractivity contribution in [2.75, 3.05) is 11.5 Å². The van der Waals surface area contributed by atoms with E-state index in [-0.39, 0.29) is 16.7 Å². The number of carbonyl (C=O) groups excluding carboxylic acids is 4. The Morgan fingerprint density at radius 1 is 1.00 bits per heavy atom. The van der Waals surface area contributed by atoms with Gasteiger partial charge >= 0.3 is 5.97 Å². The minimum absolute atomic E-state index is 0.0754. The fourth-order valence-corrected chi connectivity index (χ4v) is 2.99. The summed E-state index contributed by atoms with van der Waals surface area (Å²) < 4.78 is 5.01. The average Bonchev–Trinajstić information content (AvgIpc) is 2.89. The molecule has 7 nitrogen and oxygen atoms in total. The Kier molecular flexibility index (Phi) is 5.44. The molecule has 29 heavy (non-hydrogen) atoms. The zero-order chi connectivity index (χ0) is 21.3. The summed E-state index contributed by atoms with van der Waals surface area (Å²) in [5.74, 6) is -2.24. The highest BCUT2D eigenvalue weighted by molar-refractivity contribution is 6.35. The van der Waals surface area contributed by atoms with E-state index in [4.69, 9.17) is 16.3 Å². The molecular formula is C21H19ClN2O5. The van der Waals surface area contributed by atoms with Gasteiger partial charge in [-0.3, -0.25) is 14.4 Å². The Hall–Kier alpha value is -3.19. The lowest BCUT2D eigenvalue weighted by atomic mass is 10.1. The standard InChI is InChI=1S/C21H19ClN2O5/c1-21(2,3)23-17(25)11-29-20(28)12-4-9-15-16(10-12)19(27)24(18(15)26)14-7-5-13(22)6-8-14/h4-10H,11H2,1-3H3,(H,23,25). The number of ether oxygens (including phenoxy) is 1. The third kappa shape index (κ3) is 4.46. The Bertz CT molecular complexity index is 1010. The Morgan fingerprint density at radius 3 is 2.24 bits per heavy atom. The number of benzene rings is 2. The van der Waals surface area contributed by atoms with Gasteiger partial charge in [0.2, 0.25) is 0 Å². The highest BCUT2D eigenvalue weighted by Gasteiger charge is 2.37. The molecule has 1 heterocycles. The molecular weight excluding hydrogens is 396 g/mol. The van der Waals surface area contributed by atoms with Gasteiger partial charge < -0.3 is 10.1 Å². The maximum Gasteiger partial charge on any atom is 0.338 e. The van der Waals surface area contributed by atoms with E-state index in [1.54, 1.807) is 24.3 Å². The highest BCUT2D eigenvalue weighted by Crippen LogP contribution is 2.30. The lowest BCUT2D eigenvalue weighted by Gasteiger charge is -2.20. The monoisotopic (exact) mass is 414 g/mol. The number of esters is 1. The summed E-state index contributed by atoms with van der Waals surface area (Å²) in [5.41, 5.74) is 0.287. The second-order valence-electron chi connectivity index (χ2n) is 7.56. The van der Waals surface area contributed by atoms with Crippen LogP contribution in [0.3, 0.4) is 0 Å². The van der Waals surface area contributed by atoms with Gasteiger partial charge in [-0.15, -0.1) is 0 Å². The first-order valence-electron chi connectivity index (χ1n) is 8.83. The molecule has 0 radical (unpaired) electrons. The van der Waals surface area contributed by atoms with Crippen LogP contribution in [-0.4, -0.2) is 35.8 Å². The quantitative estimate of drug-likeness (QED) is 0.612. The van der Waals surface area contributed by atoms with Crippen molar-refractivity contribution in [2.24, 2.45) is 0 Å². The van der Waals surface area contributed by atoms with Crippen LogP contribution in [0.5, 0.6) is 0 Å². The van der Waals surface area contributed by atoms with Gasteiger partial charge in [-0.2, -0.15) is 0 Å². The number of nitrogens with zero attached hydrogens (tertiary/aromatic N) is 1. The summed E-state index contributed by atoms with van der Waals surface area (Å²) in [6, 6.07) is 10.4. The first-order valence-corrected chi connectivity index (χ1v) is 9.21. The Balaban J connectivity index is 1.76. The van der Waals surface area contributed by atoms with Crippen molar-refractivity contribution in [3.63, 3.8) is 0 Å². The van der Waals surface area contributed by atoms with Gasteiger partial charge in [0.05, 0.1) is 22.4 Å². The molecule has 3 amide bonds. The lowest BCUT2D eigenvalue weighted by Crippen LogP contribution is -2.42. The fraction of sp³-hybridized carbons (Fsp3) is 0.238. The molecule has 0 saturated carbocycles. The molecule has 150 valence electrons. The van der Waals surface area contributed by atoms with Crippen LogP contribution < -0.4 is 10.2 Å². The van der Waals surface area contributed by atoms with Crippen LogP contribution in [0.15, 0.2) is 42.5 Å². The van der Waals surface area contributed by atoms with E-state index < -0.39 is 35.8 Å². The molecule has 0 atom stereocenters. The summed E-state index contributed by atoms with van der Waals surface area (Å²) in [5, 5.41) is 3.16. The first-order chi connectivity index (χ1) is 13.6. The third-order valence-electron chi connectivity index (χ3n) is 4.06.